The molecule has 0 radical (unpaired) electrons. The first-order valence-electron chi connectivity index (χ1n) is 6.01. The molecule has 1 fully saturated rings. The number of hydrogen-bond acceptors (Lipinski definition) is 7. The summed E-state index contributed by atoms with van der Waals surface area (Å²) in [6.45, 7) is -0.328. The maximum absolute atomic E-state index is 10.0. The minimum atomic E-state index is -1.08. The third-order valence-corrected chi connectivity index (χ3v) is 2.86. The number of fused-ring (bicyclic) bond motifs is 1. The van der Waals surface area contributed by atoms with E-state index in [-0.39, 0.29) is 12.4 Å². The molecule has 2 aromatic heterocycles. The van der Waals surface area contributed by atoms with Crippen molar-refractivity contribution in [3.05, 3.63) is 12.7 Å². The van der Waals surface area contributed by atoms with Gasteiger partial charge in [0, 0.05) is 7.77 Å². The van der Waals surface area contributed by atoms with Gasteiger partial charge in [0.05, 0.1) is 19.0 Å². The molecule has 3 rings (SSSR count). The SMILES string of the molecule is [2H][C@@H]1[C@@H](O)[C@H](n2cnc3c(N)ncnc32)O[C@@H]1CO. The van der Waals surface area contributed by atoms with E-state index in [1.54, 1.807) is 0 Å². The van der Waals surface area contributed by atoms with Gasteiger partial charge in [0.2, 0.25) is 0 Å². The van der Waals surface area contributed by atoms with E-state index in [4.69, 9.17) is 16.9 Å². The summed E-state index contributed by atoms with van der Waals surface area (Å²) in [6.07, 6.45) is -0.845. The van der Waals surface area contributed by atoms with Crippen LogP contribution in [0.15, 0.2) is 12.7 Å². The zero-order chi connectivity index (χ0) is 13.6. The molecule has 1 aliphatic heterocycles. The molecule has 3 heterocycles. The maximum atomic E-state index is 10.0. The molecule has 96 valence electrons. The predicted octanol–water partition coefficient (Wildman–Crippen LogP) is -0.951. The van der Waals surface area contributed by atoms with Gasteiger partial charge in [0.1, 0.15) is 17.9 Å². The standard InChI is InChI=1S/C10H13N5O3/c11-8-7-9(13-3-12-8)15(4-14-7)10-6(17)1-5(2-16)18-10/h3-6,10,16-17H,1-2H2,(H2,11,12,13)/t5-,6+,10+/m0/s1/i1D/t1-,5-,6+,10+. The largest absolute Gasteiger partial charge is 0.394 e. The lowest BCUT2D eigenvalue weighted by Crippen LogP contribution is -2.19. The van der Waals surface area contributed by atoms with E-state index in [0.29, 0.717) is 11.2 Å². The van der Waals surface area contributed by atoms with Crippen LogP contribution in [0.25, 0.3) is 11.2 Å². The van der Waals surface area contributed by atoms with Gasteiger partial charge in [-0.25, -0.2) is 15.0 Å². The predicted molar refractivity (Wildman–Crippen MR) is 61.4 cm³/mol. The lowest BCUT2D eigenvalue weighted by Gasteiger charge is -2.16. The third kappa shape index (κ3) is 1.62. The average Bonchev–Trinajstić information content (AvgIpc) is 2.94. The van der Waals surface area contributed by atoms with Gasteiger partial charge in [0.25, 0.3) is 0 Å². The summed E-state index contributed by atoms with van der Waals surface area (Å²) in [5.74, 6) is 0.234. The van der Waals surface area contributed by atoms with Gasteiger partial charge < -0.3 is 20.7 Å². The number of nitrogen functional groups attached to an aromatic ring is 1. The lowest BCUT2D eigenvalue weighted by molar-refractivity contribution is -0.0486. The Morgan fingerprint density at radius 3 is 3.11 bits per heavy atom. The highest BCUT2D eigenvalue weighted by Crippen LogP contribution is 2.31. The lowest BCUT2D eigenvalue weighted by atomic mass is 10.2. The van der Waals surface area contributed by atoms with Crippen LogP contribution in [0.2, 0.25) is 0 Å². The highest BCUT2D eigenvalue weighted by Gasteiger charge is 2.35. The number of anilines is 1. The van der Waals surface area contributed by atoms with Gasteiger partial charge in [-0.2, -0.15) is 0 Å². The smallest absolute Gasteiger partial charge is 0.167 e. The first-order chi connectivity index (χ1) is 9.13. The van der Waals surface area contributed by atoms with Crippen LogP contribution in [0.5, 0.6) is 0 Å². The third-order valence-electron chi connectivity index (χ3n) is 2.86. The zero-order valence-corrected chi connectivity index (χ0v) is 9.34. The van der Waals surface area contributed by atoms with E-state index in [1.165, 1.54) is 17.2 Å². The highest BCUT2D eigenvalue weighted by molar-refractivity contribution is 5.81. The Morgan fingerprint density at radius 1 is 1.56 bits per heavy atom. The first-order valence-corrected chi connectivity index (χ1v) is 5.43. The van der Waals surface area contributed by atoms with Gasteiger partial charge >= 0.3 is 0 Å². The Bertz CT molecular complexity index is 606. The molecule has 1 saturated heterocycles. The summed E-state index contributed by atoms with van der Waals surface area (Å²) in [4.78, 5) is 11.9. The van der Waals surface area contributed by atoms with Gasteiger partial charge in [0.15, 0.2) is 17.7 Å². The van der Waals surface area contributed by atoms with Crippen LogP contribution in [0, 0.1) is 0 Å². The van der Waals surface area contributed by atoms with Crippen LogP contribution in [-0.2, 0) is 4.74 Å². The summed E-state index contributed by atoms with van der Waals surface area (Å²) in [5, 5.41) is 19.1. The molecule has 0 amide bonds. The fourth-order valence-electron chi connectivity index (χ4n) is 2.01. The number of aliphatic hydroxyl groups is 2. The normalized spacial score (nSPS) is 32.9. The van der Waals surface area contributed by atoms with Crippen LogP contribution in [0.4, 0.5) is 5.82 Å². The van der Waals surface area contributed by atoms with E-state index in [9.17, 15) is 5.11 Å². The Hall–Kier alpha value is -1.77. The van der Waals surface area contributed by atoms with Crippen LogP contribution in [0.1, 0.15) is 14.0 Å². The fourth-order valence-corrected chi connectivity index (χ4v) is 2.01. The molecule has 8 nitrogen and oxygen atoms in total. The molecular formula is C10H13N5O3. The fraction of sp³-hybridized carbons (Fsp3) is 0.500. The number of imidazole rings is 1. The second-order valence-corrected chi connectivity index (χ2v) is 4.01. The topological polar surface area (TPSA) is 119 Å². The van der Waals surface area contributed by atoms with Crippen LogP contribution in [-0.4, -0.2) is 48.5 Å². The summed E-state index contributed by atoms with van der Waals surface area (Å²) in [5.41, 5.74) is 6.50. The minimum absolute atomic E-state index is 0.234. The molecule has 0 saturated carbocycles. The molecule has 1 aliphatic rings. The van der Waals surface area contributed by atoms with E-state index in [0.717, 1.165) is 0 Å². The molecule has 0 aromatic carbocycles. The van der Waals surface area contributed by atoms with Crippen LogP contribution < -0.4 is 5.73 Å². The maximum Gasteiger partial charge on any atom is 0.167 e. The second kappa shape index (κ2) is 4.16. The Balaban J connectivity index is 2.04. The Labute approximate surface area is 103 Å². The quantitative estimate of drug-likeness (QED) is 0.630. The van der Waals surface area contributed by atoms with E-state index >= 15 is 0 Å². The monoisotopic (exact) mass is 252 g/mol. The van der Waals surface area contributed by atoms with Crippen molar-refractivity contribution in [2.45, 2.75) is 24.8 Å². The number of nitrogens with zero attached hydrogens (tertiary/aromatic N) is 4. The molecule has 0 bridgehead atoms. The average molecular weight is 252 g/mol. The summed E-state index contributed by atoms with van der Waals surface area (Å²) < 4.78 is 14.7. The van der Waals surface area contributed by atoms with E-state index < -0.39 is 24.8 Å². The number of aliphatic hydroxyl groups excluding tert-OH is 2. The van der Waals surface area contributed by atoms with Crippen LogP contribution in [0.3, 0.4) is 0 Å². The number of aromatic nitrogens is 4. The van der Waals surface area contributed by atoms with Crippen molar-refractivity contribution in [3.63, 3.8) is 0 Å². The van der Waals surface area contributed by atoms with Crippen molar-refractivity contribution in [1.29, 1.82) is 0 Å². The first kappa shape index (κ1) is 10.2. The van der Waals surface area contributed by atoms with Crippen molar-refractivity contribution in [2.24, 2.45) is 0 Å². The van der Waals surface area contributed by atoms with Crippen molar-refractivity contribution < 1.29 is 16.3 Å². The molecule has 2 aromatic rings. The molecule has 18 heavy (non-hydrogen) atoms. The highest BCUT2D eigenvalue weighted by atomic mass is 16.5. The zero-order valence-electron chi connectivity index (χ0n) is 10.3. The van der Waals surface area contributed by atoms with Crippen molar-refractivity contribution in [1.82, 2.24) is 19.5 Å². The summed E-state index contributed by atoms with van der Waals surface area (Å²) in [6, 6.07) is 0. The molecule has 0 unspecified atom stereocenters. The molecular weight excluding hydrogens is 238 g/mol. The van der Waals surface area contributed by atoms with Gasteiger partial charge in [-0.15, -0.1) is 0 Å². The van der Waals surface area contributed by atoms with Gasteiger partial charge in [-0.1, -0.05) is 0 Å². The van der Waals surface area contributed by atoms with Crippen molar-refractivity contribution >= 4 is 17.0 Å². The number of hydrogen-bond donors (Lipinski definition) is 3. The Kier molecular flexibility index (Phi) is 2.35. The number of rotatable bonds is 2. The molecule has 0 spiro atoms. The number of nitrogens with two attached hydrogens (primary N) is 1. The van der Waals surface area contributed by atoms with Gasteiger partial charge in [-0.05, 0) is 0 Å². The van der Waals surface area contributed by atoms with Crippen molar-refractivity contribution in [3.8, 4) is 0 Å². The van der Waals surface area contributed by atoms with Gasteiger partial charge in [-0.3, -0.25) is 4.57 Å². The van der Waals surface area contributed by atoms with Crippen molar-refractivity contribution in [2.75, 3.05) is 12.3 Å². The minimum Gasteiger partial charge on any atom is -0.394 e. The van der Waals surface area contributed by atoms with E-state index in [2.05, 4.69) is 15.0 Å². The van der Waals surface area contributed by atoms with Crippen LogP contribution >= 0.6 is 0 Å². The molecule has 8 heteroatoms. The summed E-state index contributed by atoms with van der Waals surface area (Å²) >= 11 is 0. The summed E-state index contributed by atoms with van der Waals surface area (Å²) in [7, 11) is 0. The number of ether oxygens (including phenoxy) is 1. The molecule has 4 atom stereocenters. The molecule has 4 N–H and O–H groups in total. The van der Waals surface area contributed by atoms with E-state index in [1.807, 2.05) is 0 Å². The second-order valence-electron chi connectivity index (χ2n) is 4.01. The Morgan fingerprint density at radius 2 is 2.39 bits per heavy atom. The molecule has 0 aliphatic carbocycles.